The molecule has 2 saturated heterocycles. The largest absolute Gasteiger partial charge is 0.451 e. The lowest BCUT2D eigenvalue weighted by atomic mass is 10.0. The van der Waals surface area contributed by atoms with Crippen LogP contribution in [0.25, 0.3) is 0 Å². The average molecular weight is 419 g/mol. The highest BCUT2D eigenvalue weighted by Crippen LogP contribution is 2.54. The van der Waals surface area contributed by atoms with Crippen LogP contribution in [0.15, 0.2) is 30.3 Å². The number of hydrogen-bond donors (Lipinski definition) is 0. The van der Waals surface area contributed by atoms with Crippen molar-refractivity contribution in [3.63, 3.8) is 0 Å². The second kappa shape index (κ2) is 8.38. The third kappa shape index (κ3) is 3.89. The van der Waals surface area contributed by atoms with Crippen LogP contribution >= 0.6 is 11.8 Å². The Morgan fingerprint density at radius 1 is 1.14 bits per heavy atom. The molecule has 2 aliphatic heterocycles. The van der Waals surface area contributed by atoms with Gasteiger partial charge in [0.15, 0.2) is 6.10 Å². The van der Waals surface area contributed by atoms with Crippen LogP contribution in [0.5, 0.6) is 0 Å². The van der Waals surface area contributed by atoms with E-state index in [-0.39, 0.29) is 23.9 Å². The smallest absolute Gasteiger partial charge is 0.330 e. The van der Waals surface area contributed by atoms with Crippen molar-refractivity contribution in [1.82, 2.24) is 9.80 Å². The highest BCUT2D eigenvalue weighted by atomic mass is 32.2. The van der Waals surface area contributed by atoms with Gasteiger partial charge in [-0.25, -0.2) is 4.79 Å². The molecule has 158 valence electrons. The highest BCUT2D eigenvalue weighted by Gasteiger charge is 2.57. The Labute approximate surface area is 176 Å². The molecule has 0 spiro atoms. The summed E-state index contributed by atoms with van der Waals surface area (Å²) in [5.41, 5.74) is 1.03. The fraction of sp³-hybridized carbons (Fsp3) is 0.591. The lowest BCUT2D eigenvalue weighted by molar-refractivity contribution is -0.166. The maximum absolute atomic E-state index is 13.0. The van der Waals surface area contributed by atoms with E-state index in [0.717, 1.165) is 5.56 Å². The summed E-state index contributed by atoms with van der Waals surface area (Å²) in [7, 11) is 0. The molecule has 2 aliphatic rings. The summed E-state index contributed by atoms with van der Waals surface area (Å²) < 4.78 is 5.58. The molecule has 2 amide bonds. The summed E-state index contributed by atoms with van der Waals surface area (Å²) in [6, 6.07) is 9.19. The predicted octanol–water partition coefficient (Wildman–Crippen LogP) is 3.15. The van der Waals surface area contributed by atoms with E-state index < -0.39 is 23.0 Å². The summed E-state index contributed by atoms with van der Waals surface area (Å²) in [6.45, 7) is 9.37. The minimum Gasteiger partial charge on any atom is -0.451 e. The van der Waals surface area contributed by atoms with Crippen molar-refractivity contribution in [2.45, 2.75) is 76.6 Å². The lowest BCUT2D eigenvalue weighted by Gasteiger charge is -2.35. The molecular formula is C22H30N2O4S. The molecule has 29 heavy (non-hydrogen) atoms. The summed E-state index contributed by atoms with van der Waals surface area (Å²) in [5, 5.41) is 0. The molecule has 0 unspecified atom stereocenters. The van der Waals surface area contributed by atoms with Crippen LogP contribution in [-0.4, -0.2) is 57.6 Å². The number of esters is 1. The Kier molecular flexibility index (Phi) is 6.27. The maximum Gasteiger partial charge on any atom is 0.330 e. The Balaban J connectivity index is 1.77. The predicted molar refractivity (Wildman–Crippen MR) is 113 cm³/mol. The van der Waals surface area contributed by atoms with Crippen molar-refractivity contribution in [2.24, 2.45) is 0 Å². The number of hydrogen-bond acceptors (Lipinski definition) is 5. The van der Waals surface area contributed by atoms with Crippen molar-refractivity contribution in [1.29, 1.82) is 0 Å². The van der Waals surface area contributed by atoms with Gasteiger partial charge in [0, 0.05) is 24.3 Å². The highest BCUT2D eigenvalue weighted by molar-refractivity contribution is 8.00. The van der Waals surface area contributed by atoms with Crippen molar-refractivity contribution in [3.8, 4) is 0 Å². The van der Waals surface area contributed by atoms with Gasteiger partial charge in [-0.15, -0.1) is 11.8 Å². The third-order valence-corrected chi connectivity index (χ3v) is 7.23. The van der Waals surface area contributed by atoms with Crippen molar-refractivity contribution >= 4 is 29.5 Å². The van der Waals surface area contributed by atoms with Gasteiger partial charge < -0.3 is 14.5 Å². The van der Waals surface area contributed by atoms with Crippen molar-refractivity contribution in [3.05, 3.63) is 35.9 Å². The summed E-state index contributed by atoms with van der Waals surface area (Å²) in [6.07, 6.45) is 0.198. The maximum atomic E-state index is 13.0. The van der Waals surface area contributed by atoms with Gasteiger partial charge >= 0.3 is 5.97 Å². The Hall–Kier alpha value is -2.02. The van der Waals surface area contributed by atoms with Gasteiger partial charge in [0.25, 0.3) is 5.91 Å². The van der Waals surface area contributed by atoms with Crippen molar-refractivity contribution in [2.75, 3.05) is 5.75 Å². The number of benzene rings is 1. The summed E-state index contributed by atoms with van der Waals surface area (Å²) in [5.74, 6) is -0.279. The van der Waals surface area contributed by atoms with Crippen LogP contribution in [0.1, 0.15) is 53.0 Å². The van der Waals surface area contributed by atoms with Gasteiger partial charge in [0.2, 0.25) is 5.91 Å². The van der Waals surface area contributed by atoms with Gasteiger partial charge in [-0.1, -0.05) is 30.3 Å². The normalized spacial score (nSPS) is 24.7. The molecule has 3 rings (SSSR count). The summed E-state index contributed by atoms with van der Waals surface area (Å²) >= 11 is 1.61. The van der Waals surface area contributed by atoms with Crippen LogP contribution in [0.2, 0.25) is 0 Å². The van der Waals surface area contributed by atoms with E-state index in [9.17, 15) is 14.4 Å². The number of ether oxygens (including phenoxy) is 1. The van der Waals surface area contributed by atoms with Crippen LogP contribution in [0, 0.1) is 0 Å². The van der Waals surface area contributed by atoms with E-state index >= 15 is 0 Å². The molecule has 0 N–H and O–H groups in total. The monoisotopic (exact) mass is 418 g/mol. The fourth-order valence-corrected chi connectivity index (χ4v) is 6.07. The SMILES string of the molecule is CC(C)N(C(=O)[C@H](C)OC(=O)[C@@H]1CS[C@@]2(c3ccccc3)CCC(=O)N12)C(C)C. The first-order valence-electron chi connectivity index (χ1n) is 10.2. The van der Waals surface area contributed by atoms with Crippen LogP contribution < -0.4 is 0 Å². The molecule has 6 nitrogen and oxygen atoms in total. The van der Waals surface area contributed by atoms with E-state index in [0.29, 0.717) is 18.6 Å². The molecule has 0 bridgehead atoms. The molecule has 1 aromatic carbocycles. The Morgan fingerprint density at radius 3 is 2.34 bits per heavy atom. The topological polar surface area (TPSA) is 66.9 Å². The average Bonchev–Trinajstić information content (AvgIpc) is 3.21. The van der Waals surface area contributed by atoms with Crippen LogP contribution in [0.3, 0.4) is 0 Å². The number of carbonyl (C=O) groups excluding carboxylic acids is 3. The lowest BCUT2D eigenvalue weighted by Crippen LogP contribution is -2.50. The van der Waals surface area contributed by atoms with Crippen LogP contribution in [-0.2, 0) is 24.0 Å². The number of thioether (sulfide) groups is 1. The molecule has 3 atom stereocenters. The molecular weight excluding hydrogens is 388 g/mol. The second-order valence-corrected chi connectivity index (χ2v) is 9.55. The molecule has 1 aromatic rings. The van der Waals surface area contributed by atoms with E-state index in [2.05, 4.69) is 0 Å². The zero-order valence-electron chi connectivity index (χ0n) is 17.8. The number of fused-ring (bicyclic) bond motifs is 1. The van der Waals surface area contributed by atoms with Gasteiger partial charge in [-0.2, -0.15) is 0 Å². The first kappa shape index (κ1) is 21.7. The molecule has 2 fully saturated rings. The standard InChI is InChI=1S/C22H30N2O4S/c1-14(2)23(15(3)4)20(26)16(5)28-21(27)18-13-29-22(12-11-19(25)24(18)22)17-9-7-6-8-10-17/h6-10,14-16,18H,11-13H2,1-5H3/t16-,18-,22+/m0/s1. The zero-order chi connectivity index (χ0) is 21.3. The minimum absolute atomic E-state index is 0.0107. The van der Waals surface area contributed by atoms with E-state index in [1.165, 1.54) is 0 Å². The number of nitrogens with zero attached hydrogens (tertiary/aromatic N) is 2. The molecule has 2 heterocycles. The minimum atomic E-state index is -0.887. The number of carbonyl (C=O) groups is 3. The molecule has 0 saturated carbocycles. The molecule has 0 aliphatic carbocycles. The first-order chi connectivity index (χ1) is 13.7. The van der Waals surface area contributed by atoms with Gasteiger partial charge in [-0.05, 0) is 46.6 Å². The van der Waals surface area contributed by atoms with Crippen molar-refractivity contribution < 1.29 is 19.1 Å². The Bertz CT molecular complexity index is 774. The fourth-order valence-electron chi connectivity index (χ4n) is 4.43. The van der Waals surface area contributed by atoms with Gasteiger partial charge in [0.1, 0.15) is 10.9 Å². The molecule has 7 heteroatoms. The first-order valence-corrected chi connectivity index (χ1v) is 11.2. The third-order valence-electron chi connectivity index (χ3n) is 5.63. The number of rotatable bonds is 6. The Morgan fingerprint density at radius 2 is 1.76 bits per heavy atom. The zero-order valence-corrected chi connectivity index (χ0v) is 18.6. The van der Waals surface area contributed by atoms with Gasteiger partial charge in [0.05, 0.1) is 0 Å². The molecule has 0 radical (unpaired) electrons. The van der Waals surface area contributed by atoms with Gasteiger partial charge in [-0.3, -0.25) is 9.59 Å². The second-order valence-electron chi connectivity index (χ2n) is 8.25. The van der Waals surface area contributed by atoms with E-state index in [1.807, 2.05) is 58.0 Å². The van der Waals surface area contributed by atoms with E-state index in [1.54, 1.807) is 28.5 Å². The van der Waals surface area contributed by atoms with Crippen LogP contribution in [0.4, 0.5) is 0 Å². The summed E-state index contributed by atoms with van der Waals surface area (Å²) in [4.78, 5) is 41.4. The molecule has 0 aromatic heterocycles. The van der Waals surface area contributed by atoms with E-state index in [4.69, 9.17) is 4.74 Å². The quantitative estimate of drug-likeness (QED) is 0.664. The number of amides is 2.